The number of carbonyl (C=O) groups excluding carboxylic acids is 2. The van der Waals surface area contributed by atoms with Crippen LogP contribution >= 0.6 is 0 Å². The summed E-state index contributed by atoms with van der Waals surface area (Å²) in [5, 5.41) is 1.20. The van der Waals surface area contributed by atoms with Crippen molar-refractivity contribution in [2.45, 2.75) is 13.5 Å². The van der Waals surface area contributed by atoms with Crippen LogP contribution in [0.1, 0.15) is 26.4 Å². The van der Waals surface area contributed by atoms with E-state index in [2.05, 4.69) is 4.98 Å². The van der Waals surface area contributed by atoms with E-state index < -0.39 is 5.97 Å². The number of methoxy groups -OCH3 is 1. The standard InChI is InChI=1S/C22H19N3O4/c1-13-20(16-6-4-5-7-18(16)24(13)2)19(26)11-25-12-23-17-10-14(22(28)29-3)8-9-15(17)21(25)27/h4-10,12H,11H2,1-3H3. The highest BCUT2D eigenvalue weighted by Gasteiger charge is 2.19. The van der Waals surface area contributed by atoms with E-state index in [4.69, 9.17) is 4.74 Å². The number of ketones is 1. The molecule has 2 aromatic carbocycles. The molecule has 0 aliphatic carbocycles. The lowest BCUT2D eigenvalue weighted by Gasteiger charge is -2.08. The molecule has 0 aliphatic heterocycles. The van der Waals surface area contributed by atoms with Gasteiger partial charge in [-0.1, -0.05) is 18.2 Å². The average Bonchev–Trinajstić information content (AvgIpc) is 2.99. The SMILES string of the molecule is COC(=O)c1ccc2c(=O)n(CC(=O)c3c(C)n(C)c4ccccc34)cnc2c1. The van der Waals surface area contributed by atoms with Gasteiger partial charge in [0.1, 0.15) is 0 Å². The smallest absolute Gasteiger partial charge is 0.337 e. The second-order valence-corrected chi connectivity index (χ2v) is 6.86. The van der Waals surface area contributed by atoms with Gasteiger partial charge in [-0.25, -0.2) is 9.78 Å². The lowest BCUT2D eigenvalue weighted by Crippen LogP contribution is -2.25. The van der Waals surface area contributed by atoms with Gasteiger partial charge in [0.05, 0.1) is 36.4 Å². The van der Waals surface area contributed by atoms with Gasteiger partial charge in [0.2, 0.25) is 0 Å². The average molecular weight is 389 g/mol. The van der Waals surface area contributed by atoms with Crippen LogP contribution in [0.25, 0.3) is 21.8 Å². The summed E-state index contributed by atoms with van der Waals surface area (Å²) in [6.07, 6.45) is 1.34. The summed E-state index contributed by atoms with van der Waals surface area (Å²) in [5.74, 6) is -0.659. The van der Waals surface area contributed by atoms with Crippen LogP contribution < -0.4 is 5.56 Å². The Morgan fingerprint density at radius 2 is 1.86 bits per heavy atom. The molecule has 7 heteroatoms. The second kappa shape index (κ2) is 7.01. The fourth-order valence-corrected chi connectivity index (χ4v) is 3.62. The molecule has 0 bridgehead atoms. The number of fused-ring (bicyclic) bond motifs is 2. The van der Waals surface area contributed by atoms with E-state index >= 15 is 0 Å². The van der Waals surface area contributed by atoms with Crippen molar-refractivity contribution < 1.29 is 14.3 Å². The maximum atomic E-state index is 13.1. The number of para-hydroxylation sites is 1. The summed E-state index contributed by atoms with van der Waals surface area (Å²) in [5.41, 5.74) is 2.78. The van der Waals surface area contributed by atoms with Crippen LogP contribution in [0.5, 0.6) is 0 Å². The van der Waals surface area contributed by atoms with Crippen molar-refractivity contribution >= 4 is 33.6 Å². The molecule has 146 valence electrons. The van der Waals surface area contributed by atoms with Gasteiger partial charge in [0.15, 0.2) is 5.78 Å². The molecule has 4 aromatic rings. The fraction of sp³-hybridized carbons (Fsp3) is 0.182. The van der Waals surface area contributed by atoms with Crippen molar-refractivity contribution in [3.63, 3.8) is 0 Å². The van der Waals surface area contributed by atoms with Crippen molar-refractivity contribution in [3.8, 4) is 0 Å². The predicted molar refractivity (Wildman–Crippen MR) is 109 cm³/mol. The highest BCUT2D eigenvalue weighted by molar-refractivity contribution is 6.09. The van der Waals surface area contributed by atoms with Gasteiger partial charge in [-0.3, -0.25) is 14.2 Å². The van der Waals surface area contributed by atoms with E-state index in [-0.39, 0.29) is 17.9 Å². The summed E-state index contributed by atoms with van der Waals surface area (Å²) in [4.78, 5) is 41.8. The van der Waals surface area contributed by atoms with Crippen LogP contribution in [0.4, 0.5) is 0 Å². The molecule has 4 rings (SSSR count). The Bertz CT molecular complexity index is 1350. The molecular formula is C22H19N3O4. The van der Waals surface area contributed by atoms with E-state index in [0.29, 0.717) is 22.0 Å². The number of carbonyl (C=O) groups is 2. The molecule has 0 spiro atoms. The van der Waals surface area contributed by atoms with E-state index in [9.17, 15) is 14.4 Å². The molecule has 7 nitrogen and oxygen atoms in total. The number of aryl methyl sites for hydroxylation is 1. The number of esters is 1. The summed E-state index contributed by atoms with van der Waals surface area (Å²) in [6.45, 7) is 1.78. The summed E-state index contributed by atoms with van der Waals surface area (Å²) >= 11 is 0. The van der Waals surface area contributed by atoms with Crippen LogP contribution in [-0.2, 0) is 18.3 Å². The van der Waals surface area contributed by atoms with Crippen molar-refractivity contribution in [1.82, 2.24) is 14.1 Å². The van der Waals surface area contributed by atoms with Gasteiger partial charge < -0.3 is 9.30 Å². The predicted octanol–water partition coefficient (Wildman–Crippen LogP) is 2.87. The zero-order chi connectivity index (χ0) is 20.7. The van der Waals surface area contributed by atoms with Crippen LogP contribution in [0.3, 0.4) is 0 Å². The molecule has 0 radical (unpaired) electrons. The first kappa shape index (κ1) is 18.6. The van der Waals surface area contributed by atoms with E-state index in [1.165, 1.54) is 36.2 Å². The number of hydrogen-bond acceptors (Lipinski definition) is 5. The highest BCUT2D eigenvalue weighted by Crippen LogP contribution is 2.25. The number of nitrogens with zero attached hydrogens (tertiary/aromatic N) is 3. The van der Waals surface area contributed by atoms with Crippen LogP contribution in [0.15, 0.2) is 53.6 Å². The molecule has 0 saturated carbocycles. The van der Waals surface area contributed by atoms with Gasteiger partial charge in [0, 0.05) is 29.2 Å². The monoisotopic (exact) mass is 389 g/mol. The van der Waals surface area contributed by atoms with Crippen molar-refractivity contribution in [3.05, 3.63) is 76.0 Å². The molecule has 0 N–H and O–H groups in total. The third-order valence-corrected chi connectivity index (χ3v) is 5.24. The number of benzene rings is 2. The highest BCUT2D eigenvalue weighted by atomic mass is 16.5. The summed E-state index contributed by atoms with van der Waals surface area (Å²) in [7, 11) is 3.20. The van der Waals surface area contributed by atoms with Gasteiger partial charge in [-0.15, -0.1) is 0 Å². The normalized spacial score (nSPS) is 11.1. The molecule has 29 heavy (non-hydrogen) atoms. The maximum absolute atomic E-state index is 13.1. The number of Topliss-reactive ketones (excluding diaryl/α,β-unsaturated/α-hetero) is 1. The lowest BCUT2D eigenvalue weighted by molar-refractivity contribution is 0.0600. The molecule has 2 aromatic heterocycles. The summed E-state index contributed by atoms with van der Waals surface area (Å²) < 4.78 is 7.96. The Morgan fingerprint density at radius 3 is 2.62 bits per heavy atom. The minimum Gasteiger partial charge on any atom is -0.465 e. The van der Waals surface area contributed by atoms with E-state index in [1.54, 1.807) is 0 Å². The first-order valence-corrected chi connectivity index (χ1v) is 9.07. The van der Waals surface area contributed by atoms with Gasteiger partial charge in [0.25, 0.3) is 5.56 Å². The molecule has 0 atom stereocenters. The lowest BCUT2D eigenvalue weighted by atomic mass is 10.1. The Hall–Kier alpha value is -3.74. The van der Waals surface area contributed by atoms with Gasteiger partial charge in [-0.2, -0.15) is 0 Å². The Balaban J connectivity index is 1.74. The van der Waals surface area contributed by atoms with Crippen LogP contribution in [0.2, 0.25) is 0 Å². The van der Waals surface area contributed by atoms with E-state index in [1.807, 2.05) is 42.8 Å². The van der Waals surface area contributed by atoms with E-state index in [0.717, 1.165) is 16.6 Å². The second-order valence-electron chi connectivity index (χ2n) is 6.86. The van der Waals surface area contributed by atoms with Gasteiger partial charge in [-0.05, 0) is 31.2 Å². The van der Waals surface area contributed by atoms with Crippen molar-refractivity contribution in [2.75, 3.05) is 7.11 Å². The van der Waals surface area contributed by atoms with Gasteiger partial charge >= 0.3 is 5.97 Å². The Morgan fingerprint density at radius 1 is 1.10 bits per heavy atom. The molecule has 2 heterocycles. The summed E-state index contributed by atoms with van der Waals surface area (Å²) in [6, 6.07) is 12.2. The molecule has 0 unspecified atom stereocenters. The maximum Gasteiger partial charge on any atom is 0.337 e. The van der Waals surface area contributed by atoms with Crippen molar-refractivity contribution in [2.24, 2.45) is 7.05 Å². The minimum atomic E-state index is -0.500. The number of ether oxygens (including phenoxy) is 1. The van der Waals surface area contributed by atoms with Crippen molar-refractivity contribution in [1.29, 1.82) is 0 Å². The molecular weight excluding hydrogens is 370 g/mol. The minimum absolute atomic E-state index is 0.116. The Kier molecular flexibility index (Phi) is 4.50. The number of rotatable bonds is 4. The Labute approximate surface area is 166 Å². The van der Waals surface area contributed by atoms with Crippen LogP contribution in [0, 0.1) is 6.92 Å². The zero-order valence-electron chi connectivity index (χ0n) is 16.3. The number of hydrogen-bond donors (Lipinski definition) is 0. The molecule has 0 amide bonds. The third kappa shape index (κ3) is 3.00. The molecule has 0 saturated heterocycles. The largest absolute Gasteiger partial charge is 0.465 e. The zero-order valence-corrected chi connectivity index (χ0v) is 16.3. The topological polar surface area (TPSA) is 83.2 Å². The first-order chi connectivity index (χ1) is 13.9. The molecule has 0 aliphatic rings. The van der Waals surface area contributed by atoms with Crippen LogP contribution in [-0.4, -0.2) is 33.0 Å². The third-order valence-electron chi connectivity index (χ3n) is 5.24. The quantitative estimate of drug-likeness (QED) is 0.396. The number of aromatic nitrogens is 3. The fourth-order valence-electron chi connectivity index (χ4n) is 3.62. The molecule has 0 fully saturated rings. The first-order valence-electron chi connectivity index (χ1n) is 9.07.